The Morgan fingerprint density at radius 2 is 2.05 bits per heavy atom. The van der Waals surface area contributed by atoms with Crippen molar-refractivity contribution in [3.63, 3.8) is 0 Å². The molecule has 3 aromatic rings. The fourth-order valence-corrected chi connectivity index (χ4v) is 3.48. The topological polar surface area (TPSA) is 17.0 Å². The van der Waals surface area contributed by atoms with Crippen LogP contribution in [0.15, 0.2) is 42.6 Å². The Hall–Kier alpha value is -1.29. The lowest BCUT2D eigenvalue weighted by atomic mass is 10.2. The van der Waals surface area contributed by atoms with Gasteiger partial charge in [-0.25, -0.2) is 0 Å². The molecule has 98 valence electrons. The molecule has 2 nitrogen and oxygen atoms in total. The highest BCUT2D eigenvalue weighted by molar-refractivity contribution is 7.16. The molecule has 0 aliphatic carbocycles. The van der Waals surface area contributed by atoms with Crippen LogP contribution in [0.3, 0.4) is 0 Å². The number of nitrogens with one attached hydrogen (secondary N) is 1. The molecule has 0 atom stereocenters. The number of halogens is 1. The second-order valence-electron chi connectivity index (χ2n) is 4.54. The van der Waals surface area contributed by atoms with Crippen LogP contribution < -0.4 is 5.32 Å². The van der Waals surface area contributed by atoms with Crippen molar-refractivity contribution >= 4 is 33.8 Å². The predicted molar refractivity (Wildman–Crippen MR) is 83.1 cm³/mol. The molecule has 1 N–H and O–H groups in total. The summed E-state index contributed by atoms with van der Waals surface area (Å²) in [5.74, 6) is 0. The molecular weight excluding hydrogens is 276 g/mol. The molecule has 0 spiro atoms. The Balaban J connectivity index is 2.03. The van der Waals surface area contributed by atoms with Crippen molar-refractivity contribution in [2.24, 2.45) is 0 Å². The van der Waals surface area contributed by atoms with Gasteiger partial charge >= 0.3 is 0 Å². The summed E-state index contributed by atoms with van der Waals surface area (Å²) < 4.78 is 3.14. The summed E-state index contributed by atoms with van der Waals surface area (Å²) in [6.07, 6.45) is 2.23. The summed E-state index contributed by atoms with van der Waals surface area (Å²) in [5, 5.41) is 4.54. The Kier molecular flexibility index (Phi) is 3.60. The van der Waals surface area contributed by atoms with E-state index in [9.17, 15) is 0 Å². The number of hydrogen-bond donors (Lipinski definition) is 1. The third-order valence-electron chi connectivity index (χ3n) is 3.19. The Bertz CT molecular complexity index is 699. The van der Waals surface area contributed by atoms with E-state index in [2.05, 4.69) is 46.4 Å². The maximum absolute atomic E-state index is 6.00. The van der Waals surface area contributed by atoms with Crippen LogP contribution in [0, 0.1) is 0 Å². The Morgan fingerprint density at radius 3 is 2.79 bits per heavy atom. The monoisotopic (exact) mass is 290 g/mol. The van der Waals surface area contributed by atoms with E-state index in [1.54, 1.807) is 11.3 Å². The molecule has 0 aliphatic heterocycles. The summed E-state index contributed by atoms with van der Waals surface area (Å²) in [7, 11) is 1.98. The first-order valence-corrected chi connectivity index (χ1v) is 7.43. The third kappa shape index (κ3) is 2.54. The van der Waals surface area contributed by atoms with Gasteiger partial charge in [0.1, 0.15) is 0 Å². The van der Waals surface area contributed by atoms with E-state index in [0.717, 1.165) is 17.4 Å². The second-order valence-corrected chi connectivity index (χ2v) is 6.34. The molecule has 0 fully saturated rings. The first-order chi connectivity index (χ1) is 9.28. The number of fused-ring (bicyclic) bond motifs is 1. The van der Waals surface area contributed by atoms with Crippen molar-refractivity contribution in [1.29, 1.82) is 0 Å². The van der Waals surface area contributed by atoms with Crippen LogP contribution in [-0.2, 0) is 13.1 Å². The minimum atomic E-state index is 0.849. The van der Waals surface area contributed by atoms with Gasteiger partial charge in [0.25, 0.3) is 0 Å². The van der Waals surface area contributed by atoms with E-state index in [1.807, 2.05) is 13.1 Å². The number of para-hydroxylation sites is 1. The van der Waals surface area contributed by atoms with Crippen molar-refractivity contribution < 1.29 is 0 Å². The SMILES string of the molecule is CNCc1cn(Cc2ccc(Cl)s2)c2ccccc12. The molecule has 0 aliphatic rings. The van der Waals surface area contributed by atoms with E-state index >= 15 is 0 Å². The highest BCUT2D eigenvalue weighted by atomic mass is 35.5. The van der Waals surface area contributed by atoms with Gasteiger partial charge in [0.05, 0.1) is 10.9 Å². The quantitative estimate of drug-likeness (QED) is 0.765. The van der Waals surface area contributed by atoms with E-state index in [4.69, 9.17) is 11.6 Å². The van der Waals surface area contributed by atoms with Gasteiger partial charge in [0.15, 0.2) is 0 Å². The number of nitrogens with zero attached hydrogens (tertiary/aromatic N) is 1. The fourth-order valence-electron chi connectivity index (χ4n) is 2.39. The average molecular weight is 291 g/mol. The van der Waals surface area contributed by atoms with Crippen molar-refractivity contribution in [2.45, 2.75) is 13.1 Å². The number of thiophene rings is 1. The summed E-state index contributed by atoms with van der Waals surface area (Å²) in [5.41, 5.74) is 2.61. The zero-order valence-corrected chi connectivity index (χ0v) is 12.3. The molecule has 19 heavy (non-hydrogen) atoms. The molecule has 0 amide bonds. The maximum Gasteiger partial charge on any atom is 0.0931 e. The van der Waals surface area contributed by atoms with Gasteiger partial charge in [-0.3, -0.25) is 0 Å². The molecule has 0 radical (unpaired) electrons. The van der Waals surface area contributed by atoms with Gasteiger partial charge in [-0.05, 0) is 30.8 Å². The zero-order valence-electron chi connectivity index (χ0n) is 10.7. The Morgan fingerprint density at radius 1 is 1.21 bits per heavy atom. The van der Waals surface area contributed by atoms with Crippen molar-refractivity contribution in [1.82, 2.24) is 9.88 Å². The molecule has 4 heteroatoms. The molecule has 0 saturated carbocycles. The third-order valence-corrected chi connectivity index (χ3v) is 4.41. The summed E-state index contributed by atoms with van der Waals surface area (Å²) in [4.78, 5) is 1.28. The Labute approximate surface area is 121 Å². The number of aromatic nitrogens is 1. The first-order valence-electron chi connectivity index (χ1n) is 6.23. The van der Waals surface area contributed by atoms with Crippen molar-refractivity contribution in [2.75, 3.05) is 7.05 Å². The smallest absolute Gasteiger partial charge is 0.0931 e. The van der Waals surface area contributed by atoms with Gasteiger partial charge in [-0.2, -0.15) is 0 Å². The van der Waals surface area contributed by atoms with Crippen molar-refractivity contribution in [3.05, 3.63) is 57.4 Å². The highest BCUT2D eigenvalue weighted by Crippen LogP contribution is 2.26. The molecule has 0 unspecified atom stereocenters. The van der Waals surface area contributed by atoms with E-state index in [-0.39, 0.29) is 0 Å². The zero-order chi connectivity index (χ0) is 13.2. The maximum atomic E-state index is 6.00. The molecule has 3 rings (SSSR count). The van der Waals surface area contributed by atoms with Gasteiger partial charge in [-0.15, -0.1) is 11.3 Å². The molecule has 2 aromatic heterocycles. The molecule has 0 bridgehead atoms. The van der Waals surface area contributed by atoms with Crippen LogP contribution in [0.25, 0.3) is 10.9 Å². The van der Waals surface area contributed by atoms with E-state index < -0.39 is 0 Å². The largest absolute Gasteiger partial charge is 0.342 e. The molecule has 0 saturated heterocycles. The summed E-state index contributed by atoms with van der Waals surface area (Å²) >= 11 is 7.64. The van der Waals surface area contributed by atoms with Crippen LogP contribution in [0.2, 0.25) is 4.34 Å². The van der Waals surface area contributed by atoms with Crippen LogP contribution in [0.4, 0.5) is 0 Å². The molecular formula is C15H15ClN2S. The lowest BCUT2D eigenvalue weighted by Gasteiger charge is -2.02. The first kappa shape index (κ1) is 12.7. The van der Waals surface area contributed by atoms with E-state index in [0.29, 0.717) is 0 Å². The lowest BCUT2D eigenvalue weighted by molar-refractivity contribution is 0.800. The van der Waals surface area contributed by atoms with E-state index in [1.165, 1.54) is 21.3 Å². The number of benzene rings is 1. The second kappa shape index (κ2) is 5.37. The fraction of sp³-hybridized carbons (Fsp3) is 0.200. The molecule has 2 heterocycles. The number of hydrogen-bond acceptors (Lipinski definition) is 2. The van der Waals surface area contributed by atoms with Crippen LogP contribution in [0.1, 0.15) is 10.4 Å². The summed E-state index contributed by atoms with van der Waals surface area (Å²) in [6, 6.07) is 12.6. The normalized spacial score (nSPS) is 11.3. The highest BCUT2D eigenvalue weighted by Gasteiger charge is 2.08. The van der Waals surface area contributed by atoms with Crippen LogP contribution >= 0.6 is 22.9 Å². The van der Waals surface area contributed by atoms with Crippen LogP contribution in [-0.4, -0.2) is 11.6 Å². The van der Waals surface area contributed by atoms with Gasteiger partial charge in [0.2, 0.25) is 0 Å². The van der Waals surface area contributed by atoms with Gasteiger partial charge < -0.3 is 9.88 Å². The average Bonchev–Trinajstić information content (AvgIpc) is 2.97. The predicted octanol–water partition coefficient (Wildman–Crippen LogP) is 4.12. The number of rotatable bonds is 4. The minimum absolute atomic E-state index is 0.849. The van der Waals surface area contributed by atoms with Crippen LogP contribution in [0.5, 0.6) is 0 Å². The molecule has 1 aromatic carbocycles. The van der Waals surface area contributed by atoms with Gasteiger partial charge in [0, 0.05) is 28.5 Å². The minimum Gasteiger partial charge on any atom is -0.342 e. The summed E-state index contributed by atoms with van der Waals surface area (Å²) in [6.45, 7) is 1.76. The van der Waals surface area contributed by atoms with Crippen molar-refractivity contribution in [3.8, 4) is 0 Å². The lowest BCUT2D eigenvalue weighted by Crippen LogP contribution is -2.04. The van der Waals surface area contributed by atoms with Gasteiger partial charge in [-0.1, -0.05) is 29.8 Å². The standard InChI is InChI=1S/C15H15ClN2S/c1-17-8-11-9-18(10-12-6-7-15(16)19-12)14-5-3-2-4-13(11)14/h2-7,9,17H,8,10H2,1H3.